The highest BCUT2D eigenvalue weighted by Crippen LogP contribution is 2.40. The molecule has 1 aromatic carbocycles. The van der Waals surface area contributed by atoms with E-state index in [1.54, 1.807) is 5.38 Å². The SMILES string of the molecule is CC(C)(C)[C@@H]1CCC[C@H](/C(=N/Nc2nc(-c3ccccc3)cs2)C(F)(F)F)C1=O. The molecule has 1 heterocycles. The molecule has 1 fully saturated rings. The van der Waals surface area contributed by atoms with Crippen LogP contribution in [-0.2, 0) is 4.79 Å². The summed E-state index contributed by atoms with van der Waals surface area (Å²) >= 11 is 1.17. The number of nitrogens with one attached hydrogen (secondary N) is 1. The van der Waals surface area contributed by atoms with E-state index in [4.69, 9.17) is 0 Å². The van der Waals surface area contributed by atoms with Crippen molar-refractivity contribution in [3.05, 3.63) is 35.7 Å². The summed E-state index contributed by atoms with van der Waals surface area (Å²) in [6, 6.07) is 9.35. The molecule has 1 saturated carbocycles. The second-order valence-electron chi connectivity index (χ2n) is 8.32. The Kier molecular flexibility index (Phi) is 6.12. The van der Waals surface area contributed by atoms with Gasteiger partial charge < -0.3 is 0 Å². The van der Waals surface area contributed by atoms with Crippen molar-refractivity contribution in [3.63, 3.8) is 0 Å². The molecule has 156 valence electrons. The van der Waals surface area contributed by atoms with Gasteiger partial charge in [-0.1, -0.05) is 57.5 Å². The number of hydrogen-bond donors (Lipinski definition) is 1. The van der Waals surface area contributed by atoms with Crippen LogP contribution in [0.4, 0.5) is 18.3 Å². The monoisotopic (exact) mass is 423 g/mol. The van der Waals surface area contributed by atoms with Gasteiger partial charge in [0, 0.05) is 16.9 Å². The van der Waals surface area contributed by atoms with Gasteiger partial charge in [-0.2, -0.15) is 18.3 Å². The molecule has 1 aliphatic carbocycles. The van der Waals surface area contributed by atoms with Gasteiger partial charge in [0.2, 0.25) is 5.13 Å². The number of halogens is 3. The first-order valence-electron chi connectivity index (χ1n) is 9.53. The summed E-state index contributed by atoms with van der Waals surface area (Å²) < 4.78 is 41.2. The van der Waals surface area contributed by atoms with E-state index >= 15 is 0 Å². The van der Waals surface area contributed by atoms with E-state index in [-0.39, 0.29) is 22.8 Å². The van der Waals surface area contributed by atoms with Crippen molar-refractivity contribution in [2.75, 3.05) is 5.43 Å². The van der Waals surface area contributed by atoms with Gasteiger partial charge in [-0.3, -0.25) is 10.2 Å². The molecule has 3 rings (SSSR count). The number of Topliss-reactive ketones (excluding diaryl/α,β-unsaturated/α-hetero) is 1. The number of carbonyl (C=O) groups is 1. The van der Waals surface area contributed by atoms with Crippen LogP contribution < -0.4 is 5.43 Å². The summed E-state index contributed by atoms with van der Waals surface area (Å²) in [5, 5.41) is 5.63. The quantitative estimate of drug-likeness (QED) is 0.472. The highest BCUT2D eigenvalue weighted by Gasteiger charge is 2.48. The van der Waals surface area contributed by atoms with Gasteiger partial charge in [-0.15, -0.1) is 11.3 Å². The zero-order valence-corrected chi connectivity index (χ0v) is 17.4. The number of thiazole rings is 1. The topological polar surface area (TPSA) is 54.4 Å². The van der Waals surface area contributed by atoms with Gasteiger partial charge in [0.05, 0.1) is 11.6 Å². The maximum atomic E-state index is 13.7. The minimum atomic E-state index is -4.69. The molecule has 8 heteroatoms. The van der Waals surface area contributed by atoms with Crippen molar-refractivity contribution in [1.29, 1.82) is 0 Å². The number of rotatable bonds is 4. The van der Waals surface area contributed by atoms with Crippen LogP contribution in [0.15, 0.2) is 40.8 Å². The molecule has 29 heavy (non-hydrogen) atoms. The Bertz CT molecular complexity index is 885. The number of nitrogens with zero attached hydrogens (tertiary/aromatic N) is 2. The zero-order chi connectivity index (χ0) is 21.2. The Hall–Kier alpha value is -2.22. The number of alkyl halides is 3. The third-order valence-electron chi connectivity index (χ3n) is 5.18. The highest BCUT2D eigenvalue weighted by molar-refractivity contribution is 7.14. The van der Waals surface area contributed by atoms with Crippen LogP contribution >= 0.6 is 11.3 Å². The predicted octanol–water partition coefficient (Wildman–Crippen LogP) is 6.17. The first-order valence-corrected chi connectivity index (χ1v) is 10.4. The van der Waals surface area contributed by atoms with E-state index in [1.165, 1.54) is 11.3 Å². The molecular formula is C21H24F3N3OS. The molecule has 0 aliphatic heterocycles. The zero-order valence-electron chi connectivity index (χ0n) is 16.6. The van der Waals surface area contributed by atoms with E-state index < -0.39 is 23.7 Å². The lowest BCUT2D eigenvalue weighted by atomic mass is 9.67. The van der Waals surface area contributed by atoms with Crippen LogP contribution in [0, 0.1) is 17.3 Å². The first-order chi connectivity index (χ1) is 13.6. The molecule has 0 amide bonds. The van der Waals surface area contributed by atoms with Crippen LogP contribution in [-0.4, -0.2) is 22.7 Å². The minimum Gasteiger partial charge on any atom is -0.299 e. The Morgan fingerprint density at radius 2 is 1.86 bits per heavy atom. The number of hydrazone groups is 1. The van der Waals surface area contributed by atoms with E-state index in [9.17, 15) is 18.0 Å². The lowest BCUT2D eigenvalue weighted by Crippen LogP contribution is -2.44. The molecule has 0 bridgehead atoms. The van der Waals surface area contributed by atoms with Crippen molar-refractivity contribution in [3.8, 4) is 11.3 Å². The maximum Gasteiger partial charge on any atom is 0.431 e. The van der Waals surface area contributed by atoms with Gasteiger partial charge in [0.25, 0.3) is 0 Å². The highest BCUT2D eigenvalue weighted by atomic mass is 32.1. The van der Waals surface area contributed by atoms with E-state index in [0.717, 1.165) is 5.56 Å². The second kappa shape index (κ2) is 8.26. The number of hydrogen-bond acceptors (Lipinski definition) is 5. The summed E-state index contributed by atoms with van der Waals surface area (Å²) in [7, 11) is 0. The molecule has 1 aromatic heterocycles. The predicted molar refractivity (Wildman–Crippen MR) is 110 cm³/mol. The van der Waals surface area contributed by atoms with Gasteiger partial charge in [0.1, 0.15) is 5.78 Å². The number of anilines is 1. The van der Waals surface area contributed by atoms with Gasteiger partial charge in [0.15, 0.2) is 5.71 Å². The molecule has 2 aromatic rings. The van der Waals surface area contributed by atoms with Gasteiger partial charge in [-0.05, 0) is 18.3 Å². The lowest BCUT2D eigenvalue weighted by Gasteiger charge is -2.36. The third-order valence-corrected chi connectivity index (χ3v) is 5.93. The standard InChI is InChI=1S/C21H24F3N3OS/c1-20(2,3)15-11-7-10-14(17(15)28)18(21(22,23)24)26-27-19-25-16(12-29-19)13-8-5-4-6-9-13/h4-6,8-9,12,14-15H,7,10-11H2,1-3H3,(H,25,27)/b26-18-/t14-,15+/m0/s1. The number of benzene rings is 1. The fourth-order valence-electron chi connectivity index (χ4n) is 3.70. The van der Waals surface area contributed by atoms with Crippen molar-refractivity contribution >= 4 is 28.0 Å². The molecule has 0 radical (unpaired) electrons. The summed E-state index contributed by atoms with van der Waals surface area (Å²) in [5.74, 6) is -2.02. The van der Waals surface area contributed by atoms with Crippen LogP contribution in [0.3, 0.4) is 0 Å². The summed E-state index contributed by atoms with van der Waals surface area (Å²) in [6.45, 7) is 5.67. The van der Waals surface area contributed by atoms with E-state index in [1.807, 2.05) is 51.1 Å². The summed E-state index contributed by atoms with van der Waals surface area (Å²) in [5.41, 5.74) is 2.52. The summed E-state index contributed by atoms with van der Waals surface area (Å²) in [6.07, 6.45) is -3.33. The normalized spacial score (nSPS) is 21.3. The van der Waals surface area contributed by atoms with Gasteiger partial charge in [-0.25, -0.2) is 4.98 Å². The second-order valence-corrected chi connectivity index (χ2v) is 9.17. The van der Waals surface area contributed by atoms with Crippen LogP contribution in [0.25, 0.3) is 11.3 Å². The molecule has 2 atom stereocenters. The average Bonchev–Trinajstić information content (AvgIpc) is 3.11. The molecule has 0 spiro atoms. The fourth-order valence-corrected chi connectivity index (χ4v) is 4.36. The minimum absolute atomic E-state index is 0.165. The first kappa shape index (κ1) is 21.5. The molecule has 4 nitrogen and oxygen atoms in total. The molecule has 0 saturated heterocycles. The van der Waals surface area contributed by atoms with E-state index in [2.05, 4.69) is 15.5 Å². The van der Waals surface area contributed by atoms with Crippen LogP contribution in [0.2, 0.25) is 0 Å². The Labute approximate surface area is 172 Å². The van der Waals surface area contributed by atoms with Crippen LogP contribution in [0.1, 0.15) is 40.0 Å². The van der Waals surface area contributed by atoms with E-state index in [0.29, 0.717) is 18.5 Å². The number of ketones is 1. The van der Waals surface area contributed by atoms with Gasteiger partial charge >= 0.3 is 6.18 Å². The van der Waals surface area contributed by atoms with Crippen molar-refractivity contribution in [2.45, 2.75) is 46.2 Å². The number of carbonyl (C=O) groups excluding carboxylic acids is 1. The molecule has 0 unspecified atom stereocenters. The van der Waals surface area contributed by atoms with Crippen molar-refractivity contribution in [1.82, 2.24) is 4.98 Å². The maximum absolute atomic E-state index is 13.7. The molecular weight excluding hydrogens is 399 g/mol. The number of aromatic nitrogens is 1. The lowest BCUT2D eigenvalue weighted by molar-refractivity contribution is -0.132. The Morgan fingerprint density at radius 3 is 2.48 bits per heavy atom. The Balaban J connectivity index is 1.84. The largest absolute Gasteiger partial charge is 0.431 e. The van der Waals surface area contributed by atoms with Crippen molar-refractivity contribution in [2.24, 2.45) is 22.4 Å². The summed E-state index contributed by atoms with van der Waals surface area (Å²) in [4.78, 5) is 17.1. The fraction of sp³-hybridized carbons (Fsp3) is 0.476. The molecule has 1 N–H and O–H groups in total. The Morgan fingerprint density at radius 1 is 1.17 bits per heavy atom. The average molecular weight is 424 g/mol. The van der Waals surface area contributed by atoms with Crippen LogP contribution in [0.5, 0.6) is 0 Å². The van der Waals surface area contributed by atoms with Crippen molar-refractivity contribution < 1.29 is 18.0 Å². The third kappa shape index (κ3) is 5.04. The molecule has 1 aliphatic rings. The smallest absolute Gasteiger partial charge is 0.299 e.